The molecule has 6 heteroatoms. The molecule has 144 valence electrons. The largest absolute Gasteiger partial charge is 0.355 e. The molecule has 27 heavy (non-hydrogen) atoms. The Morgan fingerprint density at radius 1 is 1.04 bits per heavy atom. The van der Waals surface area contributed by atoms with Crippen LogP contribution in [0, 0.1) is 6.92 Å². The van der Waals surface area contributed by atoms with Crippen LogP contribution >= 0.6 is 11.8 Å². The first-order chi connectivity index (χ1) is 13.0. The predicted octanol–water partition coefficient (Wildman–Crippen LogP) is 1.28. The van der Waals surface area contributed by atoms with Crippen LogP contribution in [0.1, 0.15) is 21.5 Å². The fourth-order valence-corrected chi connectivity index (χ4v) is 3.43. The number of likely N-dealkylation sites (N-methyl/N-ethyl adjacent to an activating group) is 1. The van der Waals surface area contributed by atoms with Gasteiger partial charge in [0.25, 0.3) is 11.8 Å². The summed E-state index contributed by atoms with van der Waals surface area (Å²) >= 11 is 1.74. The summed E-state index contributed by atoms with van der Waals surface area (Å²) in [6, 6.07) is 15.9. The molecule has 0 radical (unpaired) electrons. The van der Waals surface area contributed by atoms with E-state index >= 15 is 0 Å². The van der Waals surface area contributed by atoms with Gasteiger partial charge in [0.1, 0.15) is 6.54 Å². The summed E-state index contributed by atoms with van der Waals surface area (Å²) in [5.74, 6) is 0.818. The SMILES string of the molecule is CNC(=O)c1ccc(C[NH+](C)CC(=O)NCCSc2ccc(C)cc2)cc1. The first-order valence-electron chi connectivity index (χ1n) is 9.06. The lowest BCUT2D eigenvalue weighted by atomic mass is 10.1. The van der Waals surface area contributed by atoms with E-state index in [2.05, 4.69) is 41.8 Å². The highest BCUT2D eigenvalue weighted by Crippen LogP contribution is 2.17. The second kappa shape index (κ2) is 10.7. The molecule has 1 atom stereocenters. The van der Waals surface area contributed by atoms with E-state index in [-0.39, 0.29) is 11.8 Å². The van der Waals surface area contributed by atoms with Crippen molar-refractivity contribution in [2.45, 2.75) is 18.4 Å². The maximum absolute atomic E-state index is 12.1. The van der Waals surface area contributed by atoms with Gasteiger partial charge in [-0.3, -0.25) is 9.59 Å². The van der Waals surface area contributed by atoms with Gasteiger partial charge >= 0.3 is 0 Å². The molecule has 2 aromatic rings. The van der Waals surface area contributed by atoms with Crippen molar-refractivity contribution in [2.24, 2.45) is 0 Å². The van der Waals surface area contributed by atoms with E-state index in [0.717, 1.165) is 22.8 Å². The minimum absolute atomic E-state index is 0.0546. The normalized spacial score (nSPS) is 11.7. The van der Waals surface area contributed by atoms with Crippen molar-refractivity contribution in [1.82, 2.24) is 10.6 Å². The number of aryl methyl sites for hydroxylation is 1. The highest BCUT2D eigenvalue weighted by molar-refractivity contribution is 7.99. The van der Waals surface area contributed by atoms with Gasteiger partial charge in [0.15, 0.2) is 6.54 Å². The average Bonchev–Trinajstić information content (AvgIpc) is 2.66. The first kappa shape index (κ1) is 21.0. The topological polar surface area (TPSA) is 62.6 Å². The molecular formula is C21H28N3O2S+. The molecular weight excluding hydrogens is 358 g/mol. The quantitative estimate of drug-likeness (QED) is 0.449. The van der Waals surface area contributed by atoms with Crippen LogP contribution in [0.2, 0.25) is 0 Å². The van der Waals surface area contributed by atoms with Crippen LogP contribution in [0.3, 0.4) is 0 Å². The van der Waals surface area contributed by atoms with Crippen LogP contribution in [0.4, 0.5) is 0 Å². The molecule has 0 spiro atoms. The Balaban J connectivity index is 1.67. The minimum Gasteiger partial charge on any atom is -0.355 e. The number of hydrogen-bond acceptors (Lipinski definition) is 3. The number of thioether (sulfide) groups is 1. The van der Waals surface area contributed by atoms with Crippen molar-refractivity contribution in [3.63, 3.8) is 0 Å². The van der Waals surface area contributed by atoms with Crippen molar-refractivity contribution in [2.75, 3.05) is 32.9 Å². The standard InChI is InChI=1S/C21H27N3O2S/c1-16-4-10-19(11-5-16)27-13-12-23-20(25)15-24(3)14-17-6-8-18(9-7-17)21(26)22-2/h4-11H,12-15H2,1-3H3,(H,22,26)(H,23,25)/p+1. The monoisotopic (exact) mass is 386 g/mol. The molecule has 0 aromatic heterocycles. The maximum atomic E-state index is 12.1. The highest BCUT2D eigenvalue weighted by atomic mass is 32.2. The first-order valence-corrected chi connectivity index (χ1v) is 10.0. The van der Waals surface area contributed by atoms with Crippen molar-refractivity contribution < 1.29 is 14.5 Å². The van der Waals surface area contributed by atoms with E-state index in [1.165, 1.54) is 10.5 Å². The lowest BCUT2D eigenvalue weighted by Gasteiger charge is -2.14. The van der Waals surface area contributed by atoms with E-state index in [1.54, 1.807) is 18.8 Å². The smallest absolute Gasteiger partial charge is 0.275 e. The lowest BCUT2D eigenvalue weighted by molar-refractivity contribution is -0.885. The van der Waals surface area contributed by atoms with E-state index in [1.807, 2.05) is 31.3 Å². The van der Waals surface area contributed by atoms with Crippen LogP contribution in [0.25, 0.3) is 0 Å². The second-order valence-corrected chi connectivity index (χ2v) is 7.77. The number of carbonyl (C=O) groups excluding carboxylic acids is 2. The number of quaternary nitrogens is 1. The zero-order valence-electron chi connectivity index (χ0n) is 16.2. The van der Waals surface area contributed by atoms with Gasteiger partial charge in [-0.05, 0) is 31.2 Å². The minimum atomic E-state index is -0.0925. The van der Waals surface area contributed by atoms with Crippen LogP contribution in [-0.4, -0.2) is 44.8 Å². The Bertz CT molecular complexity index is 745. The number of amides is 2. The van der Waals surface area contributed by atoms with Crippen LogP contribution in [0.15, 0.2) is 53.4 Å². The number of nitrogens with one attached hydrogen (secondary N) is 3. The molecule has 0 saturated heterocycles. The molecule has 0 aliphatic rings. The molecule has 0 aliphatic carbocycles. The van der Waals surface area contributed by atoms with Crippen molar-refractivity contribution in [3.05, 3.63) is 65.2 Å². The molecule has 1 unspecified atom stereocenters. The van der Waals surface area contributed by atoms with Gasteiger partial charge in [-0.1, -0.05) is 29.8 Å². The summed E-state index contributed by atoms with van der Waals surface area (Å²) in [6.45, 7) is 3.89. The Kier molecular flexibility index (Phi) is 8.36. The molecule has 2 aromatic carbocycles. The maximum Gasteiger partial charge on any atom is 0.275 e. The van der Waals surface area contributed by atoms with Gasteiger partial charge < -0.3 is 15.5 Å². The van der Waals surface area contributed by atoms with E-state index in [0.29, 0.717) is 18.7 Å². The Morgan fingerprint density at radius 2 is 1.70 bits per heavy atom. The lowest BCUT2D eigenvalue weighted by Crippen LogP contribution is -3.08. The van der Waals surface area contributed by atoms with Gasteiger partial charge in [0, 0.05) is 35.4 Å². The van der Waals surface area contributed by atoms with E-state index in [9.17, 15) is 9.59 Å². The summed E-state index contributed by atoms with van der Waals surface area (Å²) in [5.41, 5.74) is 2.99. The Morgan fingerprint density at radius 3 is 2.33 bits per heavy atom. The summed E-state index contributed by atoms with van der Waals surface area (Å²) in [5, 5.41) is 5.59. The Hall–Kier alpha value is -2.31. The predicted molar refractivity (Wildman–Crippen MR) is 110 cm³/mol. The van der Waals surface area contributed by atoms with Crippen molar-refractivity contribution in [1.29, 1.82) is 0 Å². The molecule has 0 aliphatic heterocycles. The number of rotatable bonds is 9. The number of carbonyl (C=O) groups is 2. The third-order valence-electron chi connectivity index (χ3n) is 4.13. The van der Waals surface area contributed by atoms with E-state index < -0.39 is 0 Å². The average molecular weight is 387 g/mol. The van der Waals surface area contributed by atoms with Gasteiger partial charge in [0.2, 0.25) is 0 Å². The zero-order valence-corrected chi connectivity index (χ0v) is 17.0. The molecule has 3 N–H and O–H groups in total. The summed E-state index contributed by atoms with van der Waals surface area (Å²) in [6.07, 6.45) is 0. The Labute approximate surface area is 165 Å². The highest BCUT2D eigenvalue weighted by Gasteiger charge is 2.11. The van der Waals surface area contributed by atoms with Crippen LogP contribution < -0.4 is 15.5 Å². The van der Waals surface area contributed by atoms with Gasteiger partial charge in [-0.25, -0.2) is 0 Å². The summed E-state index contributed by atoms with van der Waals surface area (Å²) in [7, 11) is 3.61. The van der Waals surface area contributed by atoms with Gasteiger partial charge in [0.05, 0.1) is 7.05 Å². The molecule has 0 heterocycles. The second-order valence-electron chi connectivity index (χ2n) is 6.60. The number of benzene rings is 2. The van der Waals surface area contributed by atoms with Crippen molar-refractivity contribution >= 4 is 23.6 Å². The van der Waals surface area contributed by atoms with Crippen LogP contribution in [0.5, 0.6) is 0 Å². The van der Waals surface area contributed by atoms with Crippen LogP contribution in [-0.2, 0) is 11.3 Å². The molecule has 2 rings (SSSR count). The van der Waals surface area contributed by atoms with Gasteiger partial charge in [-0.2, -0.15) is 0 Å². The fraction of sp³-hybridized carbons (Fsp3) is 0.333. The van der Waals surface area contributed by atoms with Crippen molar-refractivity contribution in [3.8, 4) is 0 Å². The van der Waals surface area contributed by atoms with Gasteiger partial charge in [-0.15, -0.1) is 11.8 Å². The fourth-order valence-electron chi connectivity index (χ4n) is 2.66. The van der Waals surface area contributed by atoms with E-state index in [4.69, 9.17) is 0 Å². The summed E-state index contributed by atoms with van der Waals surface area (Å²) < 4.78 is 0. The summed E-state index contributed by atoms with van der Waals surface area (Å²) in [4.78, 5) is 26.0. The molecule has 0 fully saturated rings. The molecule has 0 saturated carbocycles. The zero-order chi connectivity index (χ0) is 19.6. The number of hydrogen-bond donors (Lipinski definition) is 3. The third kappa shape index (κ3) is 7.45. The molecule has 2 amide bonds. The third-order valence-corrected chi connectivity index (χ3v) is 5.14. The molecule has 0 bridgehead atoms. The molecule has 5 nitrogen and oxygen atoms in total.